The van der Waals surface area contributed by atoms with Gasteiger partial charge >= 0.3 is 6.03 Å². The lowest BCUT2D eigenvalue weighted by atomic mass is 10.1. The van der Waals surface area contributed by atoms with E-state index in [1.165, 1.54) is 13.2 Å². The van der Waals surface area contributed by atoms with Crippen molar-refractivity contribution in [1.82, 2.24) is 5.32 Å². The van der Waals surface area contributed by atoms with Gasteiger partial charge in [0.05, 0.1) is 10.7 Å². The minimum Gasteiger partial charge on any atom is -0.493 e. The number of benzene rings is 3. The molecule has 31 heavy (non-hydrogen) atoms. The van der Waals surface area contributed by atoms with Gasteiger partial charge in [-0.2, -0.15) is 5.26 Å². The van der Waals surface area contributed by atoms with Crippen molar-refractivity contribution in [2.24, 2.45) is 5.73 Å². The number of methoxy groups -OCH3 is 1. The molecule has 0 bridgehead atoms. The molecule has 156 valence electrons. The van der Waals surface area contributed by atoms with Gasteiger partial charge < -0.3 is 15.2 Å². The molecule has 7 nitrogen and oxygen atoms in total. The monoisotopic (exact) mass is 527 g/mol. The third-order valence-corrected chi connectivity index (χ3v) is 5.22. The summed E-state index contributed by atoms with van der Waals surface area (Å²) in [5.74, 6) is 0.125. The fourth-order valence-corrected chi connectivity index (χ4v) is 3.81. The molecule has 0 heterocycles. The van der Waals surface area contributed by atoms with Gasteiger partial charge in [-0.25, -0.2) is 4.79 Å². The van der Waals surface area contributed by atoms with Crippen LogP contribution in [0, 0.1) is 14.9 Å². The molecule has 8 heteroatoms. The second-order valence-corrected chi connectivity index (χ2v) is 7.61. The highest BCUT2D eigenvalue weighted by molar-refractivity contribution is 14.1. The second kappa shape index (κ2) is 9.95. The Bertz CT molecular complexity index is 1230. The van der Waals surface area contributed by atoms with Crippen LogP contribution in [-0.2, 0) is 11.4 Å². The molecule has 0 fully saturated rings. The summed E-state index contributed by atoms with van der Waals surface area (Å²) in [6, 6.07) is 18.2. The molecule has 3 rings (SSSR count). The number of ether oxygens (including phenoxy) is 2. The zero-order valence-electron chi connectivity index (χ0n) is 16.5. The van der Waals surface area contributed by atoms with Crippen molar-refractivity contribution in [2.75, 3.05) is 7.11 Å². The highest BCUT2D eigenvalue weighted by Gasteiger charge is 2.15. The lowest BCUT2D eigenvalue weighted by molar-refractivity contribution is -0.115. The van der Waals surface area contributed by atoms with Gasteiger partial charge in [-0.1, -0.05) is 42.5 Å². The van der Waals surface area contributed by atoms with Crippen LogP contribution in [0.2, 0.25) is 0 Å². The Labute approximate surface area is 192 Å². The molecular weight excluding hydrogens is 509 g/mol. The van der Waals surface area contributed by atoms with Crippen LogP contribution in [0.4, 0.5) is 4.79 Å². The second-order valence-electron chi connectivity index (χ2n) is 6.45. The minimum atomic E-state index is -1.03. The standard InChI is InChI=1S/C23H18IN3O4/c1-30-20-11-14(9-17(12-25)22(28)27-23(26)29)10-19(24)21(20)31-13-16-7-4-6-15-5-2-3-8-18(15)16/h2-11H,13H2,1H3,(H3,26,27,28,29)/b17-9-. The summed E-state index contributed by atoms with van der Waals surface area (Å²) in [7, 11) is 1.51. The maximum atomic E-state index is 11.9. The molecule has 0 aliphatic rings. The molecule has 0 radical (unpaired) electrons. The molecule has 3 amide bonds. The number of primary amides is 1. The van der Waals surface area contributed by atoms with E-state index in [2.05, 4.69) is 22.6 Å². The van der Waals surface area contributed by atoms with E-state index in [-0.39, 0.29) is 5.57 Å². The van der Waals surface area contributed by atoms with Gasteiger partial charge in [-0.15, -0.1) is 0 Å². The summed E-state index contributed by atoms with van der Waals surface area (Å²) in [6.07, 6.45) is 1.34. The van der Waals surface area contributed by atoms with Crippen LogP contribution in [0.15, 0.2) is 60.2 Å². The Morgan fingerprint density at radius 3 is 2.65 bits per heavy atom. The summed E-state index contributed by atoms with van der Waals surface area (Å²) < 4.78 is 12.3. The lowest BCUT2D eigenvalue weighted by Crippen LogP contribution is -2.35. The molecule has 0 atom stereocenters. The van der Waals surface area contributed by atoms with Crippen molar-refractivity contribution in [3.63, 3.8) is 0 Å². The third-order valence-electron chi connectivity index (χ3n) is 4.42. The summed E-state index contributed by atoms with van der Waals surface area (Å²) in [5.41, 5.74) is 6.25. The number of urea groups is 1. The number of nitrogens with zero attached hydrogens (tertiary/aromatic N) is 1. The summed E-state index contributed by atoms with van der Waals surface area (Å²) in [5, 5.41) is 13.3. The van der Waals surface area contributed by atoms with Crippen LogP contribution in [0.25, 0.3) is 16.8 Å². The molecule has 3 aromatic carbocycles. The molecule has 0 saturated heterocycles. The number of carbonyl (C=O) groups excluding carboxylic acids is 2. The van der Waals surface area contributed by atoms with Gasteiger partial charge in [-0.05, 0) is 62.7 Å². The zero-order chi connectivity index (χ0) is 22.4. The van der Waals surface area contributed by atoms with E-state index in [0.29, 0.717) is 23.7 Å². The summed E-state index contributed by atoms with van der Waals surface area (Å²) in [4.78, 5) is 22.8. The highest BCUT2D eigenvalue weighted by atomic mass is 127. The quantitative estimate of drug-likeness (QED) is 0.284. The Morgan fingerprint density at radius 1 is 1.19 bits per heavy atom. The van der Waals surface area contributed by atoms with Crippen LogP contribution >= 0.6 is 22.6 Å². The number of carbonyl (C=O) groups is 2. The maximum absolute atomic E-state index is 11.9. The maximum Gasteiger partial charge on any atom is 0.319 e. The van der Waals surface area contributed by atoms with Crippen LogP contribution in [0.3, 0.4) is 0 Å². The van der Waals surface area contributed by atoms with E-state index in [0.717, 1.165) is 19.9 Å². The molecule has 3 N–H and O–H groups in total. The normalized spacial score (nSPS) is 10.9. The van der Waals surface area contributed by atoms with E-state index in [1.807, 2.05) is 47.8 Å². The SMILES string of the molecule is COc1cc(/C=C(/C#N)C(=O)NC(N)=O)cc(I)c1OCc1cccc2ccccc12. The predicted molar refractivity (Wildman–Crippen MR) is 125 cm³/mol. The van der Waals surface area contributed by atoms with Gasteiger partial charge in [0.15, 0.2) is 11.5 Å². The number of imide groups is 1. The number of amides is 3. The molecular formula is C23H18IN3O4. The first-order chi connectivity index (χ1) is 14.9. The average Bonchev–Trinajstić information content (AvgIpc) is 2.75. The fourth-order valence-electron chi connectivity index (χ4n) is 3.03. The first-order valence-electron chi connectivity index (χ1n) is 9.12. The molecule has 0 aliphatic heterocycles. The average molecular weight is 527 g/mol. The number of nitrogens with two attached hydrogens (primary N) is 1. The van der Waals surface area contributed by atoms with Crippen molar-refractivity contribution in [2.45, 2.75) is 6.61 Å². The summed E-state index contributed by atoms with van der Waals surface area (Å²) in [6.45, 7) is 0.341. The number of rotatable bonds is 6. The predicted octanol–water partition coefficient (Wildman–Crippen LogP) is 4.13. The van der Waals surface area contributed by atoms with Gasteiger partial charge in [0.1, 0.15) is 18.2 Å². The molecule has 0 aliphatic carbocycles. The number of nitrogens with one attached hydrogen (secondary N) is 1. The lowest BCUT2D eigenvalue weighted by Gasteiger charge is -2.15. The Hall–Kier alpha value is -3.58. The van der Waals surface area contributed by atoms with Gasteiger partial charge in [-0.3, -0.25) is 10.1 Å². The minimum absolute atomic E-state index is 0.263. The van der Waals surface area contributed by atoms with E-state index >= 15 is 0 Å². The van der Waals surface area contributed by atoms with E-state index < -0.39 is 11.9 Å². The molecule has 0 saturated carbocycles. The number of hydrogen-bond donors (Lipinski definition) is 2. The number of fused-ring (bicyclic) bond motifs is 1. The zero-order valence-corrected chi connectivity index (χ0v) is 18.7. The van der Waals surface area contributed by atoms with E-state index in [9.17, 15) is 14.9 Å². The summed E-state index contributed by atoms with van der Waals surface area (Å²) >= 11 is 2.10. The first kappa shape index (κ1) is 22.1. The molecule has 0 spiro atoms. The van der Waals surface area contributed by atoms with Crippen LogP contribution in [0.1, 0.15) is 11.1 Å². The van der Waals surface area contributed by atoms with Gasteiger partial charge in [0.25, 0.3) is 5.91 Å². The molecule has 0 unspecified atom stereocenters. The fraction of sp³-hybridized carbons (Fsp3) is 0.0870. The number of halogens is 1. The Kier molecular flexibility index (Phi) is 7.10. The first-order valence-corrected chi connectivity index (χ1v) is 10.2. The van der Waals surface area contributed by atoms with Crippen molar-refractivity contribution in [3.05, 3.63) is 74.9 Å². The third kappa shape index (κ3) is 5.32. The van der Waals surface area contributed by atoms with Crippen molar-refractivity contribution in [1.29, 1.82) is 5.26 Å². The van der Waals surface area contributed by atoms with Crippen molar-refractivity contribution < 1.29 is 19.1 Å². The largest absolute Gasteiger partial charge is 0.493 e. The number of nitriles is 1. The van der Waals surface area contributed by atoms with Crippen LogP contribution in [0.5, 0.6) is 11.5 Å². The van der Waals surface area contributed by atoms with E-state index in [4.69, 9.17) is 15.2 Å². The van der Waals surface area contributed by atoms with Crippen molar-refractivity contribution >= 4 is 51.4 Å². The van der Waals surface area contributed by atoms with Crippen LogP contribution in [-0.4, -0.2) is 19.0 Å². The van der Waals surface area contributed by atoms with E-state index in [1.54, 1.807) is 18.2 Å². The van der Waals surface area contributed by atoms with Gasteiger partial charge in [0, 0.05) is 0 Å². The molecule has 3 aromatic rings. The van der Waals surface area contributed by atoms with Gasteiger partial charge in [0.2, 0.25) is 0 Å². The highest BCUT2D eigenvalue weighted by Crippen LogP contribution is 2.35. The topological polar surface area (TPSA) is 114 Å². The van der Waals surface area contributed by atoms with Crippen molar-refractivity contribution in [3.8, 4) is 17.6 Å². The Balaban J connectivity index is 1.89. The van der Waals surface area contributed by atoms with Crippen LogP contribution < -0.4 is 20.5 Å². The molecule has 0 aromatic heterocycles. The smallest absolute Gasteiger partial charge is 0.319 e. The Morgan fingerprint density at radius 2 is 1.94 bits per heavy atom. The number of hydrogen-bond acceptors (Lipinski definition) is 5.